The van der Waals surface area contributed by atoms with Crippen LogP contribution >= 0.6 is 11.6 Å². The number of nitrogens with zero attached hydrogens (tertiary/aromatic N) is 1. The van der Waals surface area contributed by atoms with E-state index in [1.807, 2.05) is 13.0 Å². The van der Waals surface area contributed by atoms with Gasteiger partial charge in [-0.15, -0.1) is 0 Å². The number of carbonyl (C=O) groups excluding carboxylic acids is 1. The standard InChI is InChI=1S/C31H29ClFN3O3/c1-19-3-9-23(10-4-19)20(2)35-17-26-11-12-29(39-26)24-14-27(30(32)28(33)15-24)31(38)36-25(18-37)13-21-5-7-22(16-34)8-6-21/h3-12,14-15,20,25,35,37H,13,17-18H2,1-2H3,(H,36,38). The van der Waals surface area contributed by atoms with Crippen LogP contribution < -0.4 is 10.6 Å². The smallest absolute Gasteiger partial charge is 0.253 e. The fraction of sp³-hybridized carbons (Fsp3) is 0.226. The third-order valence-electron chi connectivity index (χ3n) is 6.50. The summed E-state index contributed by atoms with van der Waals surface area (Å²) in [5.74, 6) is -0.311. The third kappa shape index (κ3) is 7.12. The van der Waals surface area contributed by atoms with Crippen LogP contribution in [0.15, 0.2) is 77.2 Å². The van der Waals surface area contributed by atoms with E-state index >= 15 is 0 Å². The maximum Gasteiger partial charge on any atom is 0.253 e. The van der Waals surface area contributed by atoms with Crippen LogP contribution in [0.25, 0.3) is 11.3 Å². The Labute approximate surface area is 232 Å². The second-order valence-corrected chi connectivity index (χ2v) is 9.84. The van der Waals surface area contributed by atoms with Gasteiger partial charge in [0.15, 0.2) is 0 Å². The van der Waals surface area contributed by atoms with E-state index in [4.69, 9.17) is 21.3 Å². The maximum absolute atomic E-state index is 14.8. The van der Waals surface area contributed by atoms with Gasteiger partial charge in [0.2, 0.25) is 0 Å². The summed E-state index contributed by atoms with van der Waals surface area (Å²) in [7, 11) is 0. The highest BCUT2D eigenvalue weighted by molar-refractivity contribution is 6.34. The minimum Gasteiger partial charge on any atom is -0.460 e. The van der Waals surface area contributed by atoms with Crippen molar-refractivity contribution in [3.63, 3.8) is 0 Å². The van der Waals surface area contributed by atoms with Gasteiger partial charge >= 0.3 is 0 Å². The molecule has 1 aromatic heterocycles. The van der Waals surface area contributed by atoms with Crippen LogP contribution in [0.3, 0.4) is 0 Å². The molecule has 0 spiro atoms. The second-order valence-electron chi connectivity index (χ2n) is 9.46. The molecule has 8 heteroatoms. The van der Waals surface area contributed by atoms with Crippen LogP contribution in [0.4, 0.5) is 4.39 Å². The molecule has 6 nitrogen and oxygen atoms in total. The first-order valence-corrected chi connectivity index (χ1v) is 12.9. The average molecular weight is 546 g/mol. The van der Waals surface area contributed by atoms with Crippen molar-refractivity contribution >= 4 is 17.5 Å². The van der Waals surface area contributed by atoms with Crippen molar-refractivity contribution in [3.8, 4) is 17.4 Å². The molecule has 2 atom stereocenters. The van der Waals surface area contributed by atoms with E-state index in [2.05, 4.69) is 41.8 Å². The highest BCUT2D eigenvalue weighted by atomic mass is 35.5. The Kier molecular flexibility index (Phi) is 9.15. The predicted octanol–water partition coefficient (Wildman–Crippen LogP) is 6.10. The first-order valence-electron chi connectivity index (χ1n) is 12.6. The third-order valence-corrected chi connectivity index (χ3v) is 6.88. The molecule has 0 saturated carbocycles. The van der Waals surface area contributed by atoms with Gasteiger partial charge in [0.25, 0.3) is 5.91 Å². The SMILES string of the molecule is Cc1ccc(C(C)NCc2ccc(-c3cc(F)c(Cl)c(C(=O)NC(CO)Cc4ccc(C#N)cc4)c3)o2)cc1. The molecule has 0 saturated heterocycles. The summed E-state index contributed by atoms with van der Waals surface area (Å²) < 4.78 is 20.7. The van der Waals surface area contributed by atoms with Crippen molar-refractivity contribution in [1.29, 1.82) is 5.26 Å². The Hall–Kier alpha value is -3.96. The van der Waals surface area contributed by atoms with Crippen molar-refractivity contribution in [3.05, 3.63) is 117 Å². The number of nitrogens with one attached hydrogen (secondary N) is 2. The zero-order chi connectivity index (χ0) is 27.9. The Morgan fingerprint density at radius 2 is 1.82 bits per heavy atom. The minimum absolute atomic E-state index is 0.0611. The van der Waals surface area contributed by atoms with Gasteiger partial charge in [-0.1, -0.05) is 53.6 Å². The number of aryl methyl sites for hydroxylation is 1. The van der Waals surface area contributed by atoms with E-state index < -0.39 is 17.8 Å². The van der Waals surface area contributed by atoms with Crippen LogP contribution in [0.1, 0.15) is 51.3 Å². The number of benzene rings is 3. The van der Waals surface area contributed by atoms with E-state index in [1.165, 1.54) is 17.7 Å². The maximum atomic E-state index is 14.8. The number of aliphatic hydroxyl groups excluding tert-OH is 1. The first kappa shape index (κ1) is 28.1. The highest BCUT2D eigenvalue weighted by Crippen LogP contribution is 2.30. The van der Waals surface area contributed by atoms with Crippen molar-refractivity contribution in [2.45, 2.75) is 38.9 Å². The van der Waals surface area contributed by atoms with E-state index in [9.17, 15) is 14.3 Å². The summed E-state index contributed by atoms with van der Waals surface area (Å²) >= 11 is 6.16. The van der Waals surface area contributed by atoms with Crippen molar-refractivity contribution in [1.82, 2.24) is 10.6 Å². The summed E-state index contributed by atoms with van der Waals surface area (Å²) in [6.07, 6.45) is 0.323. The predicted molar refractivity (Wildman–Crippen MR) is 149 cm³/mol. The number of carbonyl (C=O) groups is 1. The largest absolute Gasteiger partial charge is 0.460 e. The summed E-state index contributed by atoms with van der Waals surface area (Å²) in [6, 6.07) is 22.9. The number of amides is 1. The van der Waals surface area contributed by atoms with Crippen LogP contribution in [0, 0.1) is 24.1 Å². The molecule has 0 fully saturated rings. The molecule has 3 aromatic carbocycles. The van der Waals surface area contributed by atoms with Gasteiger partial charge in [0, 0.05) is 11.6 Å². The van der Waals surface area contributed by atoms with E-state index in [1.54, 1.807) is 36.4 Å². The summed E-state index contributed by atoms with van der Waals surface area (Å²) in [5.41, 5.74) is 4.00. The number of aliphatic hydroxyl groups is 1. The molecule has 4 rings (SSSR count). The van der Waals surface area contributed by atoms with E-state index in [0.717, 1.165) is 11.1 Å². The monoisotopic (exact) mass is 545 g/mol. The van der Waals surface area contributed by atoms with Crippen molar-refractivity contribution in [2.75, 3.05) is 6.61 Å². The molecule has 3 N–H and O–H groups in total. The molecule has 0 bridgehead atoms. The molecule has 1 heterocycles. The van der Waals surface area contributed by atoms with Crippen LogP contribution in [0.2, 0.25) is 5.02 Å². The van der Waals surface area contributed by atoms with Gasteiger partial charge in [-0.3, -0.25) is 4.79 Å². The lowest BCUT2D eigenvalue weighted by atomic mass is 10.0. The lowest BCUT2D eigenvalue weighted by Crippen LogP contribution is -2.39. The minimum atomic E-state index is -0.754. The quantitative estimate of drug-likeness (QED) is 0.223. The zero-order valence-electron chi connectivity index (χ0n) is 21.7. The van der Waals surface area contributed by atoms with Gasteiger partial charge in [0.1, 0.15) is 17.3 Å². The van der Waals surface area contributed by atoms with Crippen LogP contribution in [-0.2, 0) is 13.0 Å². The molecule has 1 amide bonds. The second kappa shape index (κ2) is 12.7. The zero-order valence-corrected chi connectivity index (χ0v) is 22.4. The Morgan fingerprint density at radius 1 is 1.10 bits per heavy atom. The van der Waals surface area contributed by atoms with Gasteiger partial charge in [-0.05, 0) is 67.8 Å². The van der Waals surface area contributed by atoms with E-state index in [0.29, 0.717) is 35.6 Å². The number of nitriles is 1. The summed E-state index contributed by atoms with van der Waals surface area (Å²) in [5, 5.41) is 24.6. The Balaban J connectivity index is 1.45. The lowest BCUT2D eigenvalue weighted by molar-refractivity contribution is 0.0916. The first-order chi connectivity index (χ1) is 18.8. The normalized spacial score (nSPS) is 12.5. The Bertz CT molecular complexity index is 1480. The van der Waals surface area contributed by atoms with Gasteiger partial charge < -0.3 is 20.2 Å². The number of halogens is 2. The van der Waals surface area contributed by atoms with Gasteiger partial charge in [0.05, 0.1) is 41.4 Å². The topological polar surface area (TPSA) is 98.3 Å². The summed E-state index contributed by atoms with van der Waals surface area (Å²) in [6.45, 7) is 4.24. The fourth-order valence-corrected chi connectivity index (χ4v) is 4.37. The number of furan rings is 1. The Morgan fingerprint density at radius 3 is 2.49 bits per heavy atom. The van der Waals surface area contributed by atoms with Crippen molar-refractivity contribution < 1.29 is 18.7 Å². The van der Waals surface area contributed by atoms with Crippen LogP contribution in [-0.4, -0.2) is 23.7 Å². The number of hydrogen-bond donors (Lipinski definition) is 3. The molecular weight excluding hydrogens is 517 g/mol. The highest BCUT2D eigenvalue weighted by Gasteiger charge is 2.21. The van der Waals surface area contributed by atoms with Crippen LogP contribution in [0.5, 0.6) is 0 Å². The van der Waals surface area contributed by atoms with E-state index in [-0.39, 0.29) is 23.2 Å². The average Bonchev–Trinajstić information content (AvgIpc) is 3.42. The lowest BCUT2D eigenvalue weighted by Gasteiger charge is -2.17. The molecule has 2 unspecified atom stereocenters. The molecule has 0 aliphatic rings. The molecule has 0 radical (unpaired) electrons. The molecule has 39 heavy (non-hydrogen) atoms. The van der Waals surface area contributed by atoms with Gasteiger partial charge in [-0.25, -0.2) is 4.39 Å². The fourth-order valence-electron chi connectivity index (χ4n) is 4.18. The molecule has 4 aromatic rings. The molecule has 0 aliphatic heterocycles. The van der Waals surface area contributed by atoms with Gasteiger partial charge in [-0.2, -0.15) is 5.26 Å². The molecule has 0 aliphatic carbocycles. The number of rotatable bonds is 10. The molecule has 200 valence electrons. The van der Waals surface area contributed by atoms with Crippen molar-refractivity contribution in [2.24, 2.45) is 0 Å². The summed E-state index contributed by atoms with van der Waals surface area (Å²) in [4.78, 5) is 13.0. The molecular formula is C31H29ClFN3O3. The number of hydrogen-bond acceptors (Lipinski definition) is 5.